The van der Waals surface area contributed by atoms with Crippen LogP contribution in [0, 0.1) is 6.92 Å². The lowest BCUT2D eigenvalue weighted by molar-refractivity contribution is 0.244. The zero-order chi connectivity index (χ0) is 13.0. The Balaban J connectivity index is 1.86. The molecular formula is C12H19N3O2S. The fraction of sp³-hybridized carbons (Fsp3) is 0.667. The highest BCUT2D eigenvalue weighted by Gasteiger charge is 2.25. The van der Waals surface area contributed by atoms with Crippen molar-refractivity contribution in [3.63, 3.8) is 0 Å². The summed E-state index contributed by atoms with van der Waals surface area (Å²) in [5.74, 6) is 1.14. The van der Waals surface area contributed by atoms with E-state index in [4.69, 9.17) is 4.52 Å². The van der Waals surface area contributed by atoms with Crippen molar-refractivity contribution in [1.82, 2.24) is 10.5 Å². The summed E-state index contributed by atoms with van der Waals surface area (Å²) in [6.45, 7) is 1.79. The number of hydrogen-bond donors (Lipinski definition) is 2. The van der Waals surface area contributed by atoms with Gasteiger partial charge in [-0.05, 0) is 26.0 Å². The topological polar surface area (TPSA) is 67.2 Å². The first-order valence-corrected chi connectivity index (χ1v) is 7.51. The maximum absolute atomic E-state index is 11.8. The predicted molar refractivity (Wildman–Crippen MR) is 73.0 cm³/mol. The average molecular weight is 269 g/mol. The van der Waals surface area contributed by atoms with Crippen molar-refractivity contribution in [1.29, 1.82) is 0 Å². The van der Waals surface area contributed by atoms with Crippen molar-refractivity contribution >= 4 is 23.6 Å². The molecule has 1 heterocycles. The Labute approximate surface area is 111 Å². The Kier molecular flexibility index (Phi) is 4.52. The van der Waals surface area contributed by atoms with Gasteiger partial charge in [0.2, 0.25) is 0 Å². The summed E-state index contributed by atoms with van der Waals surface area (Å²) < 4.78 is 4.90. The van der Waals surface area contributed by atoms with Gasteiger partial charge in [0, 0.05) is 17.4 Å². The van der Waals surface area contributed by atoms with Gasteiger partial charge in [-0.15, -0.1) is 0 Å². The molecule has 2 amide bonds. The van der Waals surface area contributed by atoms with E-state index in [0.29, 0.717) is 16.8 Å². The lowest BCUT2D eigenvalue weighted by atomic mass is 9.95. The standard InChI is InChI=1S/C12H19N3O2S/c1-8-7-11(15-17-8)14-12(16)13-9-5-3-4-6-10(9)18-2/h7,9-10H,3-6H2,1-2H3,(H2,13,14,15,16)/t9-,10+/m0/s1. The number of nitrogens with one attached hydrogen (secondary N) is 2. The quantitative estimate of drug-likeness (QED) is 0.885. The lowest BCUT2D eigenvalue weighted by Gasteiger charge is -2.30. The minimum absolute atomic E-state index is 0.200. The van der Waals surface area contributed by atoms with Crippen LogP contribution in [-0.4, -0.2) is 28.7 Å². The molecule has 0 aromatic carbocycles. The van der Waals surface area contributed by atoms with E-state index in [9.17, 15) is 4.79 Å². The highest BCUT2D eigenvalue weighted by Crippen LogP contribution is 2.27. The van der Waals surface area contributed by atoms with Crippen LogP contribution < -0.4 is 10.6 Å². The summed E-state index contributed by atoms with van der Waals surface area (Å²) in [5, 5.41) is 9.97. The molecule has 2 atom stereocenters. The lowest BCUT2D eigenvalue weighted by Crippen LogP contribution is -2.45. The highest BCUT2D eigenvalue weighted by molar-refractivity contribution is 7.99. The monoisotopic (exact) mass is 269 g/mol. The van der Waals surface area contributed by atoms with Crippen molar-refractivity contribution in [2.24, 2.45) is 0 Å². The van der Waals surface area contributed by atoms with Crippen LogP contribution in [0.3, 0.4) is 0 Å². The number of anilines is 1. The third-order valence-electron chi connectivity index (χ3n) is 3.19. The van der Waals surface area contributed by atoms with Crippen molar-refractivity contribution in [2.45, 2.75) is 43.9 Å². The molecule has 0 aliphatic heterocycles. The van der Waals surface area contributed by atoms with Crippen LogP contribution in [0.5, 0.6) is 0 Å². The number of hydrogen-bond acceptors (Lipinski definition) is 4. The molecule has 1 aliphatic rings. The van der Waals surface area contributed by atoms with Crippen LogP contribution in [-0.2, 0) is 0 Å². The fourth-order valence-electron chi connectivity index (χ4n) is 2.29. The summed E-state index contributed by atoms with van der Waals surface area (Å²) >= 11 is 1.83. The van der Waals surface area contributed by atoms with Gasteiger partial charge < -0.3 is 9.84 Å². The van der Waals surface area contributed by atoms with Gasteiger partial charge in [0.1, 0.15) is 5.76 Å². The first-order chi connectivity index (χ1) is 8.69. The van der Waals surface area contributed by atoms with E-state index >= 15 is 0 Å². The zero-order valence-corrected chi connectivity index (χ0v) is 11.5. The second-order valence-electron chi connectivity index (χ2n) is 4.59. The molecule has 1 saturated carbocycles. The summed E-state index contributed by atoms with van der Waals surface area (Å²) in [6, 6.07) is 1.75. The van der Waals surface area contributed by atoms with E-state index in [1.54, 1.807) is 13.0 Å². The van der Waals surface area contributed by atoms with E-state index in [2.05, 4.69) is 22.0 Å². The van der Waals surface area contributed by atoms with Crippen molar-refractivity contribution < 1.29 is 9.32 Å². The smallest absolute Gasteiger partial charge is 0.320 e. The van der Waals surface area contributed by atoms with Crippen molar-refractivity contribution in [3.8, 4) is 0 Å². The van der Waals surface area contributed by atoms with Gasteiger partial charge in [-0.1, -0.05) is 18.0 Å². The largest absolute Gasteiger partial charge is 0.360 e. The highest BCUT2D eigenvalue weighted by atomic mass is 32.2. The molecule has 100 valence electrons. The van der Waals surface area contributed by atoms with Crippen molar-refractivity contribution in [2.75, 3.05) is 11.6 Å². The number of aromatic nitrogens is 1. The minimum Gasteiger partial charge on any atom is -0.360 e. The van der Waals surface area contributed by atoms with Crippen LogP contribution in [0.15, 0.2) is 10.6 Å². The SMILES string of the molecule is CS[C@@H]1CCCC[C@@H]1NC(=O)Nc1cc(C)on1. The number of aryl methyl sites for hydroxylation is 1. The second kappa shape index (κ2) is 6.13. The van der Waals surface area contributed by atoms with Crippen LogP contribution in [0.1, 0.15) is 31.4 Å². The first kappa shape index (κ1) is 13.3. The van der Waals surface area contributed by atoms with Crippen LogP contribution in [0.25, 0.3) is 0 Å². The maximum atomic E-state index is 11.8. The first-order valence-electron chi connectivity index (χ1n) is 6.22. The predicted octanol–water partition coefficient (Wildman–Crippen LogP) is 2.78. The number of carbonyl (C=O) groups excluding carboxylic acids is 1. The number of amides is 2. The number of rotatable bonds is 3. The van der Waals surface area contributed by atoms with E-state index in [1.807, 2.05) is 11.8 Å². The normalized spacial score (nSPS) is 23.7. The Morgan fingerprint density at radius 3 is 2.94 bits per heavy atom. The van der Waals surface area contributed by atoms with Gasteiger partial charge in [0.25, 0.3) is 0 Å². The van der Waals surface area contributed by atoms with Gasteiger partial charge in [0.15, 0.2) is 5.82 Å². The van der Waals surface area contributed by atoms with Crippen LogP contribution >= 0.6 is 11.8 Å². The molecule has 1 aliphatic carbocycles. The van der Waals surface area contributed by atoms with E-state index in [-0.39, 0.29) is 12.1 Å². The number of nitrogens with zero attached hydrogens (tertiary/aromatic N) is 1. The zero-order valence-electron chi connectivity index (χ0n) is 10.7. The van der Waals surface area contributed by atoms with Crippen LogP contribution in [0.4, 0.5) is 10.6 Å². The molecule has 1 fully saturated rings. The molecule has 0 unspecified atom stereocenters. The Bertz CT molecular complexity index is 408. The van der Waals surface area contributed by atoms with Gasteiger partial charge in [-0.2, -0.15) is 11.8 Å². The molecule has 0 saturated heterocycles. The average Bonchev–Trinajstić information content (AvgIpc) is 2.75. The summed E-state index contributed by atoms with van der Waals surface area (Å²) in [6.07, 6.45) is 6.77. The molecule has 0 spiro atoms. The molecule has 2 N–H and O–H groups in total. The third kappa shape index (κ3) is 3.41. The summed E-state index contributed by atoms with van der Waals surface area (Å²) in [5.41, 5.74) is 0. The van der Waals surface area contributed by atoms with Gasteiger partial charge in [-0.25, -0.2) is 4.79 Å². The summed E-state index contributed by atoms with van der Waals surface area (Å²) in [4.78, 5) is 11.8. The maximum Gasteiger partial charge on any atom is 0.320 e. The minimum atomic E-state index is -0.200. The Hall–Kier alpha value is -1.17. The van der Waals surface area contributed by atoms with Gasteiger partial charge in [0.05, 0.1) is 0 Å². The number of urea groups is 1. The van der Waals surface area contributed by atoms with E-state index < -0.39 is 0 Å². The molecule has 1 aromatic rings. The Morgan fingerprint density at radius 1 is 1.50 bits per heavy atom. The number of carbonyl (C=O) groups is 1. The number of thioether (sulfide) groups is 1. The molecule has 0 radical (unpaired) electrons. The van der Waals surface area contributed by atoms with E-state index in [1.165, 1.54) is 19.3 Å². The molecule has 0 bridgehead atoms. The summed E-state index contributed by atoms with van der Waals surface area (Å²) in [7, 11) is 0. The van der Waals surface area contributed by atoms with Gasteiger partial charge in [-0.3, -0.25) is 5.32 Å². The van der Waals surface area contributed by atoms with Gasteiger partial charge >= 0.3 is 6.03 Å². The Morgan fingerprint density at radius 2 is 2.28 bits per heavy atom. The molecular weight excluding hydrogens is 250 g/mol. The third-order valence-corrected chi connectivity index (χ3v) is 4.36. The fourth-order valence-corrected chi connectivity index (χ4v) is 3.23. The van der Waals surface area contributed by atoms with E-state index in [0.717, 1.165) is 6.42 Å². The molecule has 2 rings (SSSR count). The molecule has 1 aromatic heterocycles. The van der Waals surface area contributed by atoms with Crippen molar-refractivity contribution in [3.05, 3.63) is 11.8 Å². The molecule has 6 heteroatoms. The second-order valence-corrected chi connectivity index (χ2v) is 5.66. The van der Waals surface area contributed by atoms with Crippen LogP contribution in [0.2, 0.25) is 0 Å². The molecule has 5 nitrogen and oxygen atoms in total. The molecule has 18 heavy (non-hydrogen) atoms.